The lowest BCUT2D eigenvalue weighted by molar-refractivity contribution is -0.131. The number of pyridine rings is 2. The molecular formula is C87H102N30O11. The van der Waals surface area contributed by atoms with Gasteiger partial charge in [0.05, 0.1) is 59.5 Å². The van der Waals surface area contributed by atoms with Crippen molar-refractivity contribution in [3.8, 4) is 68.2 Å². The molecule has 0 unspecified atom stereocenters. The van der Waals surface area contributed by atoms with Crippen molar-refractivity contribution in [2.45, 2.75) is 66.6 Å². The van der Waals surface area contributed by atoms with E-state index in [0.29, 0.717) is 135 Å². The summed E-state index contributed by atoms with van der Waals surface area (Å²) in [6.45, 7) is 25.8. The van der Waals surface area contributed by atoms with Gasteiger partial charge in [-0.1, -0.05) is 121 Å². The largest absolute Gasteiger partial charge is 0.494 e. The molecule has 41 nitrogen and oxygen atoms in total. The minimum atomic E-state index is -1.54. The molecule has 128 heavy (non-hydrogen) atoms. The van der Waals surface area contributed by atoms with E-state index in [9.17, 15) is 28.8 Å². The molecule has 4 fully saturated rings. The molecule has 4 saturated heterocycles. The predicted molar refractivity (Wildman–Crippen MR) is 476 cm³/mol. The van der Waals surface area contributed by atoms with Crippen LogP contribution >= 0.6 is 0 Å². The Balaban J connectivity index is 0.000000133. The number of aromatic nitrogens is 22. The maximum Gasteiger partial charge on any atom is 0.410 e. The zero-order chi connectivity index (χ0) is 90.5. The normalized spacial score (nSPS) is 14.2. The first-order valence-electron chi connectivity index (χ1n) is 41.6. The summed E-state index contributed by atoms with van der Waals surface area (Å²) in [5.41, 5.74) is 7.86. The minimum Gasteiger partial charge on any atom is -0.494 e. The second-order valence-corrected chi connectivity index (χ2v) is 32.1. The van der Waals surface area contributed by atoms with Crippen LogP contribution in [0.15, 0.2) is 159 Å². The standard InChI is InChI=1S/C26H26N10O3.C18H25N5O2.C17H23N5O2.C13H11N5O4.C13H17N5/c1-16-29-15-36(30-16)24-22-20(19(39-3)14-28-24)18(13-27-22)23(37)26(38)35-11-9-34(10-12-35)25-21(31-33(2)32-25)17-7-5-4-6-8-17;1-18(2,3)25-17(24)23-12-10-22(11-13-23)16-15(19-21(4)20-16)14-8-6-5-7-9-14;1-17(2,3)24-16(23)22-11-9-21(10-12-22)15-14(18-20-19-15)13-7-5-4-6-8-13;1-6-16-5-18(17-6)12-10-9(8(22-2)4-15-12)7(3-14-10)11(19)13(20)21;1-17-15-12(11-5-3-2-4-6-11)13(16-17)18-9-7-14-8-10-18/h4-8,13-15,27H,9-12H2,1-3H3;5-9H,10-13H2,1-4H3;4-8H,9-12H2,1-3H3,(H,18,19,20);3-5,14H,1-2H3,(H,20,21);2-6,14H,7-10H2,1H3. The van der Waals surface area contributed by atoms with Gasteiger partial charge in [-0.2, -0.15) is 50.2 Å². The molecule has 41 heteroatoms. The van der Waals surface area contributed by atoms with Gasteiger partial charge in [0.15, 0.2) is 34.9 Å². The summed E-state index contributed by atoms with van der Waals surface area (Å²) >= 11 is 0. The number of hydrogen-bond acceptors (Lipinski definition) is 29. The maximum absolute atomic E-state index is 13.5. The number of aliphatic carboxylic acids is 1. The fourth-order valence-electron chi connectivity index (χ4n) is 14.8. The van der Waals surface area contributed by atoms with E-state index in [1.807, 2.05) is 165 Å². The van der Waals surface area contributed by atoms with E-state index in [2.05, 4.69) is 123 Å². The molecule has 0 atom stereocenters. The molecule has 4 aromatic carbocycles. The van der Waals surface area contributed by atoms with Crippen LogP contribution in [-0.2, 0) is 40.2 Å². The molecule has 3 amide bonds. The Hall–Kier alpha value is -15.3. The highest BCUT2D eigenvalue weighted by Crippen LogP contribution is 2.37. The van der Waals surface area contributed by atoms with Crippen LogP contribution in [0.5, 0.6) is 11.5 Å². The van der Waals surface area contributed by atoms with Gasteiger partial charge in [0.1, 0.15) is 69.8 Å². The number of carbonyl (C=O) groups excluding carboxylic acids is 5. The van der Waals surface area contributed by atoms with Crippen LogP contribution in [0.25, 0.3) is 78.5 Å². The fourth-order valence-corrected chi connectivity index (χ4v) is 14.8. The molecule has 18 rings (SSSR count). The Morgan fingerprint density at radius 3 is 1.08 bits per heavy atom. The summed E-state index contributed by atoms with van der Waals surface area (Å²) in [4.78, 5) is 115. The number of carboxylic acid groups (broad SMARTS) is 1. The molecule has 5 N–H and O–H groups in total. The van der Waals surface area contributed by atoms with E-state index >= 15 is 0 Å². The van der Waals surface area contributed by atoms with E-state index in [1.165, 1.54) is 61.0 Å². The number of nitrogens with zero attached hydrogens (tertiary/aromatic N) is 26. The summed E-state index contributed by atoms with van der Waals surface area (Å²) in [6, 6.07) is 40.1. The number of carboxylic acids is 1. The number of rotatable bonds is 16. The Morgan fingerprint density at radius 2 is 0.734 bits per heavy atom. The van der Waals surface area contributed by atoms with Gasteiger partial charge in [0, 0.05) is 161 Å². The number of methoxy groups -OCH3 is 2. The molecule has 0 saturated carbocycles. The molecule has 0 radical (unpaired) electrons. The minimum absolute atomic E-state index is 0.000151. The van der Waals surface area contributed by atoms with E-state index in [-0.39, 0.29) is 23.3 Å². The Morgan fingerprint density at radius 1 is 0.391 bits per heavy atom. The molecule has 0 bridgehead atoms. The summed E-state index contributed by atoms with van der Waals surface area (Å²) in [7, 11) is 8.39. The van der Waals surface area contributed by atoms with Crippen molar-refractivity contribution in [2.75, 3.05) is 139 Å². The van der Waals surface area contributed by atoms with Crippen molar-refractivity contribution in [1.82, 2.24) is 130 Å². The van der Waals surface area contributed by atoms with Crippen molar-refractivity contribution in [1.29, 1.82) is 0 Å². The topological polar surface area (TPSA) is 447 Å². The van der Waals surface area contributed by atoms with Crippen LogP contribution < -0.4 is 34.4 Å². The molecule has 14 heterocycles. The Labute approximate surface area is 735 Å². The number of amides is 3. The number of ketones is 2. The maximum atomic E-state index is 13.5. The molecular weight excluding hydrogens is 1640 g/mol. The van der Waals surface area contributed by atoms with Crippen LogP contribution in [-0.4, -0.2) is 295 Å². The molecule has 14 aromatic rings. The predicted octanol–water partition coefficient (Wildman–Crippen LogP) is 8.48. The number of ether oxygens (including phenoxy) is 4. The third-order valence-corrected chi connectivity index (χ3v) is 20.8. The van der Waals surface area contributed by atoms with Crippen molar-refractivity contribution >= 4 is 80.7 Å². The number of aryl methyl sites for hydroxylation is 5. The molecule has 10 aromatic heterocycles. The monoisotopic (exact) mass is 1740 g/mol. The van der Waals surface area contributed by atoms with Gasteiger partial charge in [-0.3, -0.25) is 14.4 Å². The van der Waals surface area contributed by atoms with Crippen molar-refractivity contribution in [2.24, 2.45) is 21.1 Å². The highest BCUT2D eigenvalue weighted by molar-refractivity contribution is 6.45. The fraction of sp³-hybridized carbons (Fsp3) is 0.356. The average Bonchev–Trinajstić information content (AvgIpc) is 1.61. The third kappa shape index (κ3) is 20.9. The molecule has 0 spiro atoms. The van der Waals surface area contributed by atoms with E-state index in [1.54, 1.807) is 50.0 Å². The second kappa shape index (κ2) is 39.3. The van der Waals surface area contributed by atoms with Crippen LogP contribution in [0.3, 0.4) is 0 Å². The first kappa shape index (κ1) is 89.0. The van der Waals surface area contributed by atoms with Crippen molar-refractivity contribution in [3.63, 3.8) is 0 Å². The van der Waals surface area contributed by atoms with E-state index < -0.39 is 34.6 Å². The van der Waals surface area contributed by atoms with Gasteiger partial charge in [-0.15, -0.1) is 20.4 Å². The zero-order valence-electron chi connectivity index (χ0n) is 73.5. The highest BCUT2D eigenvalue weighted by atomic mass is 16.6. The summed E-state index contributed by atoms with van der Waals surface area (Å²) in [5.74, 6) is 2.30. The lowest BCUT2D eigenvalue weighted by atomic mass is 10.1. The number of aromatic amines is 3. The van der Waals surface area contributed by atoms with Gasteiger partial charge in [0.25, 0.3) is 17.5 Å². The summed E-state index contributed by atoms with van der Waals surface area (Å²) < 4.78 is 24.5. The van der Waals surface area contributed by atoms with Gasteiger partial charge in [-0.05, 0) is 55.4 Å². The Kier molecular flexibility index (Phi) is 27.3. The number of H-pyrrole nitrogens is 3. The van der Waals surface area contributed by atoms with Gasteiger partial charge in [-0.25, -0.2) is 43.7 Å². The number of carbonyl (C=O) groups is 6. The number of fused-ring (bicyclic) bond motifs is 2. The average molecular weight is 1740 g/mol. The SMILES string of the molecule is CC(C)(C)OC(=O)N1CCN(c2n[nH]nc2-c2ccccc2)CC1.COc1cnc(-n2cnc(C)n2)c2[nH]cc(C(=O)C(=O)N3CCN(c4nn(C)nc4-c4ccccc4)CC3)c12.COc1cnc(-n2cnc(C)n2)c2[nH]cc(C(=O)C(=O)O)c12.Cn1nc(-c2ccccc2)c(N2CCN(C(=O)OC(C)(C)C)CC2)n1.Cn1nc(-c2ccccc2)c(N2CCNCC2)n1. The van der Waals surface area contributed by atoms with E-state index in [0.717, 1.165) is 94.5 Å². The lowest BCUT2D eigenvalue weighted by Gasteiger charge is -2.35. The number of hydrogen-bond donors (Lipinski definition) is 5. The van der Waals surface area contributed by atoms with E-state index in [4.69, 9.17) is 24.1 Å². The lowest BCUT2D eigenvalue weighted by Crippen LogP contribution is -2.50. The summed E-state index contributed by atoms with van der Waals surface area (Å²) in [5, 5.41) is 60.0. The van der Waals surface area contributed by atoms with Crippen LogP contribution in [0.1, 0.15) is 73.9 Å². The van der Waals surface area contributed by atoms with Gasteiger partial charge >= 0.3 is 18.2 Å². The second-order valence-electron chi connectivity index (χ2n) is 32.1. The molecule has 4 aliphatic heterocycles. The van der Waals surface area contributed by atoms with Gasteiger partial charge in [0.2, 0.25) is 0 Å². The van der Waals surface area contributed by atoms with Crippen molar-refractivity contribution in [3.05, 3.63) is 182 Å². The first-order chi connectivity index (χ1) is 61.6. The quantitative estimate of drug-likeness (QED) is 0.0447. The van der Waals surface area contributed by atoms with Crippen LogP contribution in [0.4, 0.5) is 32.9 Å². The van der Waals surface area contributed by atoms with Crippen LogP contribution in [0, 0.1) is 13.8 Å². The zero-order valence-corrected chi connectivity index (χ0v) is 73.5. The first-order valence-corrected chi connectivity index (χ1v) is 41.6. The Bertz CT molecular complexity index is 6170. The number of nitrogens with one attached hydrogen (secondary N) is 4. The number of piperazine rings is 4. The smallest absolute Gasteiger partial charge is 0.410 e. The number of benzene rings is 4. The molecule has 666 valence electrons. The highest BCUT2D eigenvalue weighted by Gasteiger charge is 2.35. The molecule has 0 aliphatic carbocycles. The number of anilines is 4. The van der Waals surface area contributed by atoms with Gasteiger partial charge < -0.3 is 73.6 Å². The summed E-state index contributed by atoms with van der Waals surface area (Å²) in [6.07, 6.45) is 8.25. The number of Topliss-reactive ketones (excluding diaryl/α,β-unsaturated/α-hetero) is 2. The third-order valence-electron chi connectivity index (χ3n) is 20.8. The van der Waals surface area contributed by atoms with Crippen molar-refractivity contribution < 1.29 is 52.8 Å². The molecule has 4 aliphatic rings. The van der Waals surface area contributed by atoms with Crippen LogP contribution in [0.2, 0.25) is 0 Å².